The number of amides is 2. The Morgan fingerprint density at radius 2 is 1.67 bits per heavy atom. The van der Waals surface area contributed by atoms with E-state index in [-0.39, 0.29) is 29.4 Å². The van der Waals surface area contributed by atoms with Crippen molar-refractivity contribution in [2.75, 3.05) is 5.32 Å². The quantitative estimate of drug-likeness (QED) is 0.517. The number of hydrogen-bond donors (Lipinski definition) is 3. The van der Waals surface area contributed by atoms with Crippen molar-refractivity contribution in [1.29, 1.82) is 0 Å². The van der Waals surface area contributed by atoms with Crippen LogP contribution in [0.5, 0.6) is 0 Å². The Hall–Kier alpha value is -3.25. The molecular formula is C24H25N3O2S. The lowest BCUT2D eigenvalue weighted by Crippen LogP contribution is -2.36. The third-order valence-corrected chi connectivity index (χ3v) is 5.10. The van der Waals surface area contributed by atoms with Crippen LogP contribution >= 0.6 is 12.2 Å². The molecule has 3 N–H and O–H groups in total. The summed E-state index contributed by atoms with van der Waals surface area (Å²) in [6.45, 7) is 3.96. The molecule has 0 saturated carbocycles. The van der Waals surface area contributed by atoms with Crippen LogP contribution in [0, 0.1) is 0 Å². The second-order valence-corrected chi connectivity index (χ2v) is 7.55. The van der Waals surface area contributed by atoms with Gasteiger partial charge >= 0.3 is 0 Å². The Kier molecular flexibility index (Phi) is 7.14. The van der Waals surface area contributed by atoms with Crippen LogP contribution in [0.25, 0.3) is 10.8 Å². The summed E-state index contributed by atoms with van der Waals surface area (Å²) in [5.74, 6) is -0.400. The molecule has 3 rings (SSSR count). The van der Waals surface area contributed by atoms with E-state index in [1.54, 1.807) is 18.2 Å². The molecule has 0 aliphatic rings. The molecular weight excluding hydrogens is 394 g/mol. The lowest BCUT2D eigenvalue weighted by Gasteiger charge is -2.16. The minimum Gasteiger partial charge on any atom is -0.350 e. The highest BCUT2D eigenvalue weighted by Gasteiger charge is 2.15. The number of thiocarbonyl (C=S) groups is 1. The smallest absolute Gasteiger partial charge is 0.253 e. The van der Waals surface area contributed by atoms with Crippen molar-refractivity contribution in [3.63, 3.8) is 0 Å². The third kappa shape index (κ3) is 5.42. The van der Waals surface area contributed by atoms with Crippen LogP contribution in [0.15, 0.2) is 66.7 Å². The van der Waals surface area contributed by atoms with E-state index in [0.717, 1.165) is 22.8 Å². The van der Waals surface area contributed by atoms with Crippen molar-refractivity contribution < 1.29 is 9.59 Å². The summed E-state index contributed by atoms with van der Waals surface area (Å²) in [6, 6.07) is 21.0. The third-order valence-electron chi connectivity index (χ3n) is 4.89. The van der Waals surface area contributed by atoms with E-state index in [2.05, 4.69) is 16.0 Å². The summed E-state index contributed by atoms with van der Waals surface area (Å²) in [4.78, 5) is 25.1. The van der Waals surface area contributed by atoms with Crippen LogP contribution < -0.4 is 16.0 Å². The normalized spacial score (nSPS) is 11.5. The number of carbonyl (C=O) groups excluding carboxylic acids is 2. The van der Waals surface area contributed by atoms with E-state index >= 15 is 0 Å². The predicted molar refractivity (Wildman–Crippen MR) is 126 cm³/mol. The molecule has 0 aliphatic heterocycles. The van der Waals surface area contributed by atoms with Gasteiger partial charge in [0.05, 0.1) is 17.7 Å². The SMILES string of the molecule is CCC(C)NC(=O)c1ccccc1NC(=S)NC(=O)Cc1cccc2ccccc12. The molecule has 1 atom stereocenters. The maximum absolute atomic E-state index is 12.5. The lowest BCUT2D eigenvalue weighted by atomic mass is 10.0. The fourth-order valence-corrected chi connectivity index (χ4v) is 3.36. The topological polar surface area (TPSA) is 70.2 Å². The number of hydrogen-bond acceptors (Lipinski definition) is 3. The van der Waals surface area contributed by atoms with Crippen LogP contribution in [-0.2, 0) is 11.2 Å². The summed E-state index contributed by atoms with van der Waals surface area (Å²) >= 11 is 5.31. The summed E-state index contributed by atoms with van der Waals surface area (Å²) in [5, 5.41) is 10.9. The van der Waals surface area contributed by atoms with Gasteiger partial charge in [0.2, 0.25) is 5.91 Å². The van der Waals surface area contributed by atoms with Gasteiger partial charge in [-0.1, -0.05) is 61.5 Å². The van der Waals surface area contributed by atoms with Crippen molar-refractivity contribution in [1.82, 2.24) is 10.6 Å². The molecule has 0 fully saturated rings. The van der Waals surface area contributed by atoms with Crippen LogP contribution in [-0.4, -0.2) is 23.0 Å². The molecule has 0 spiro atoms. The summed E-state index contributed by atoms with van der Waals surface area (Å²) in [5.41, 5.74) is 1.96. The zero-order valence-corrected chi connectivity index (χ0v) is 17.9. The number of rotatable bonds is 6. The number of nitrogens with one attached hydrogen (secondary N) is 3. The number of para-hydroxylation sites is 1. The first-order chi connectivity index (χ1) is 14.5. The maximum atomic E-state index is 12.5. The Morgan fingerprint density at radius 1 is 0.967 bits per heavy atom. The van der Waals surface area contributed by atoms with Gasteiger partial charge < -0.3 is 16.0 Å². The first-order valence-corrected chi connectivity index (χ1v) is 10.4. The van der Waals surface area contributed by atoms with Crippen molar-refractivity contribution in [2.45, 2.75) is 32.7 Å². The second-order valence-electron chi connectivity index (χ2n) is 7.15. The van der Waals surface area contributed by atoms with Crippen molar-refractivity contribution in [2.24, 2.45) is 0 Å². The second kappa shape index (κ2) is 9.98. The van der Waals surface area contributed by atoms with Gasteiger partial charge in [-0.15, -0.1) is 0 Å². The summed E-state index contributed by atoms with van der Waals surface area (Å²) < 4.78 is 0. The Labute approximate surface area is 181 Å². The molecule has 3 aromatic rings. The number of benzene rings is 3. The van der Waals surface area contributed by atoms with Crippen molar-refractivity contribution >= 4 is 45.6 Å². The average molecular weight is 420 g/mol. The first-order valence-electron chi connectivity index (χ1n) is 9.95. The average Bonchev–Trinajstić information content (AvgIpc) is 2.74. The van der Waals surface area contributed by atoms with Crippen molar-refractivity contribution in [3.05, 3.63) is 77.9 Å². The minimum absolute atomic E-state index is 0.0675. The molecule has 3 aromatic carbocycles. The largest absolute Gasteiger partial charge is 0.350 e. The zero-order chi connectivity index (χ0) is 21.5. The monoisotopic (exact) mass is 419 g/mol. The fourth-order valence-electron chi connectivity index (χ4n) is 3.14. The van der Waals surface area contributed by atoms with Crippen LogP contribution in [0.4, 0.5) is 5.69 Å². The minimum atomic E-state index is -0.217. The highest BCUT2D eigenvalue weighted by Crippen LogP contribution is 2.19. The van der Waals surface area contributed by atoms with Crippen molar-refractivity contribution in [3.8, 4) is 0 Å². The summed E-state index contributed by atoms with van der Waals surface area (Å²) in [6.07, 6.45) is 1.04. The zero-order valence-electron chi connectivity index (χ0n) is 17.1. The predicted octanol–water partition coefficient (Wildman–Crippen LogP) is 4.42. The van der Waals surface area contributed by atoms with E-state index in [0.29, 0.717) is 11.3 Å². The Bertz CT molecular complexity index is 1080. The molecule has 0 saturated heterocycles. The number of carbonyl (C=O) groups is 2. The summed E-state index contributed by atoms with van der Waals surface area (Å²) in [7, 11) is 0. The highest BCUT2D eigenvalue weighted by molar-refractivity contribution is 7.80. The molecule has 1 unspecified atom stereocenters. The highest BCUT2D eigenvalue weighted by atomic mass is 32.1. The molecule has 30 heavy (non-hydrogen) atoms. The molecule has 154 valence electrons. The Balaban J connectivity index is 1.66. The standard InChI is InChI=1S/C24H25N3O2S/c1-3-16(2)25-23(29)20-13-6-7-14-21(20)26-24(30)27-22(28)15-18-11-8-10-17-9-4-5-12-19(17)18/h4-14,16H,3,15H2,1-2H3,(H,25,29)(H2,26,27,28,30). The van der Waals surface area contributed by atoms with E-state index in [4.69, 9.17) is 12.2 Å². The first kappa shape index (κ1) is 21.5. The van der Waals surface area contributed by atoms with Gasteiger partial charge in [0.15, 0.2) is 5.11 Å². The molecule has 2 amide bonds. The van der Waals surface area contributed by atoms with E-state index in [9.17, 15) is 9.59 Å². The van der Waals surface area contributed by atoms with Crippen LogP contribution in [0.2, 0.25) is 0 Å². The van der Waals surface area contributed by atoms with Gasteiger partial charge in [-0.25, -0.2) is 0 Å². The fraction of sp³-hybridized carbons (Fsp3) is 0.208. The lowest BCUT2D eigenvalue weighted by molar-refractivity contribution is -0.119. The van der Waals surface area contributed by atoms with Gasteiger partial charge in [0.25, 0.3) is 5.91 Å². The molecule has 0 aromatic heterocycles. The van der Waals surface area contributed by atoms with Gasteiger partial charge in [0, 0.05) is 6.04 Å². The van der Waals surface area contributed by atoms with E-state index in [1.807, 2.05) is 62.4 Å². The van der Waals surface area contributed by atoms with E-state index < -0.39 is 0 Å². The molecule has 0 heterocycles. The molecule has 0 radical (unpaired) electrons. The van der Waals surface area contributed by atoms with Gasteiger partial charge in [-0.05, 0) is 54.0 Å². The molecule has 5 nitrogen and oxygen atoms in total. The maximum Gasteiger partial charge on any atom is 0.253 e. The molecule has 0 bridgehead atoms. The number of fused-ring (bicyclic) bond motifs is 1. The van der Waals surface area contributed by atoms with Crippen LogP contribution in [0.3, 0.4) is 0 Å². The van der Waals surface area contributed by atoms with Gasteiger partial charge in [-0.3, -0.25) is 9.59 Å². The van der Waals surface area contributed by atoms with E-state index in [1.165, 1.54) is 0 Å². The van der Waals surface area contributed by atoms with Gasteiger partial charge in [0.1, 0.15) is 0 Å². The molecule has 6 heteroatoms. The number of anilines is 1. The van der Waals surface area contributed by atoms with Crippen LogP contribution in [0.1, 0.15) is 36.2 Å². The molecule has 0 aliphatic carbocycles. The Morgan fingerprint density at radius 3 is 2.47 bits per heavy atom. The van der Waals surface area contributed by atoms with Gasteiger partial charge in [-0.2, -0.15) is 0 Å².